The van der Waals surface area contributed by atoms with Crippen molar-refractivity contribution < 1.29 is 14.3 Å². The summed E-state index contributed by atoms with van der Waals surface area (Å²) in [6.45, 7) is 0. The van der Waals surface area contributed by atoms with Crippen molar-refractivity contribution in [3.05, 3.63) is 41.3 Å². The fourth-order valence-corrected chi connectivity index (χ4v) is 2.53. The molecule has 0 amide bonds. The van der Waals surface area contributed by atoms with Crippen molar-refractivity contribution in [3.8, 4) is 10.8 Å². The number of nitrogens with zero attached hydrogens (tertiary/aromatic N) is 1. The summed E-state index contributed by atoms with van der Waals surface area (Å²) in [6.07, 6.45) is 0.633. The third-order valence-electron chi connectivity index (χ3n) is 2.81. The lowest BCUT2D eigenvalue weighted by molar-refractivity contribution is -0.136. The van der Waals surface area contributed by atoms with Gasteiger partial charge in [0, 0.05) is 6.42 Å². The highest BCUT2D eigenvalue weighted by molar-refractivity contribution is 7.13. The lowest BCUT2D eigenvalue weighted by Crippen LogP contribution is -1.97. The molecule has 19 heavy (non-hydrogen) atoms. The van der Waals surface area contributed by atoms with Gasteiger partial charge in [-0.2, -0.15) is 0 Å². The molecule has 5 heteroatoms. The number of hydrogen-bond donors (Lipinski definition) is 1. The quantitative estimate of drug-likeness (QED) is 0.789. The third kappa shape index (κ3) is 2.51. The van der Waals surface area contributed by atoms with Crippen LogP contribution in [0.5, 0.6) is 0 Å². The molecule has 0 aliphatic rings. The van der Waals surface area contributed by atoms with E-state index in [1.54, 1.807) is 11.3 Å². The van der Waals surface area contributed by atoms with Crippen molar-refractivity contribution >= 4 is 28.4 Å². The minimum absolute atomic E-state index is 0.126. The number of carboxylic acid groups (broad SMARTS) is 1. The van der Waals surface area contributed by atoms with E-state index in [0.717, 1.165) is 21.5 Å². The second-order valence-corrected chi connectivity index (χ2v) is 5.14. The van der Waals surface area contributed by atoms with Gasteiger partial charge in [0.2, 0.25) is 5.89 Å². The van der Waals surface area contributed by atoms with Crippen LogP contribution in [-0.4, -0.2) is 16.1 Å². The molecule has 0 atom stereocenters. The Bertz CT molecular complexity index is 715. The lowest BCUT2D eigenvalue weighted by atomic mass is 10.1. The number of aliphatic carboxylic acids is 1. The molecule has 2 heterocycles. The Morgan fingerprint density at radius 3 is 3.00 bits per heavy atom. The van der Waals surface area contributed by atoms with Crippen molar-refractivity contribution in [1.82, 2.24) is 4.98 Å². The van der Waals surface area contributed by atoms with Crippen LogP contribution in [0.3, 0.4) is 0 Å². The highest BCUT2D eigenvalue weighted by Crippen LogP contribution is 2.28. The summed E-state index contributed by atoms with van der Waals surface area (Å²) in [4.78, 5) is 16.0. The fraction of sp³-hybridized carbons (Fsp3) is 0.143. The molecule has 0 saturated heterocycles. The Labute approximate surface area is 113 Å². The van der Waals surface area contributed by atoms with Crippen LogP contribution < -0.4 is 0 Å². The molecule has 4 nitrogen and oxygen atoms in total. The number of fused-ring (bicyclic) bond motifs is 1. The van der Waals surface area contributed by atoms with E-state index in [1.807, 2.05) is 35.7 Å². The molecule has 2 aromatic heterocycles. The first-order valence-electron chi connectivity index (χ1n) is 5.87. The SMILES string of the molecule is O=C(O)CCc1ccc2oc(-c3cccs3)nc2c1. The lowest BCUT2D eigenvalue weighted by Gasteiger charge is -1.96. The molecule has 0 spiro atoms. The highest BCUT2D eigenvalue weighted by Gasteiger charge is 2.09. The Hall–Kier alpha value is -2.14. The van der Waals surface area contributed by atoms with Crippen LogP contribution in [0.1, 0.15) is 12.0 Å². The van der Waals surface area contributed by atoms with E-state index >= 15 is 0 Å². The van der Waals surface area contributed by atoms with Gasteiger partial charge >= 0.3 is 5.97 Å². The monoisotopic (exact) mass is 273 g/mol. The summed E-state index contributed by atoms with van der Waals surface area (Å²) in [5.41, 5.74) is 2.45. The van der Waals surface area contributed by atoms with Gasteiger partial charge in [0.15, 0.2) is 5.58 Å². The van der Waals surface area contributed by atoms with E-state index < -0.39 is 5.97 Å². The van der Waals surface area contributed by atoms with E-state index in [2.05, 4.69) is 4.98 Å². The van der Waals surface area contributed by atoms with E-state index in [0.29, 0.717) is 12.3 Å². The van der Waals surface area contributed by atoms with Gasteiger partial charge in [-0.25, -0.2) is 4.98 Å². The summed E-state index contributed by atoms with van der Waals surface area (Å²) < 4.78 is 5.68. The molecule has 1 aromatic carbocycles. The fourth-order valence-electron chi connectivity index (χ4n) is 1.89. The maximum absolute atomic E-state index is 10.6. The average Bonchev–Trinajstić information content (AvgIpc) is 3.04. The maximum Gasteiger partial charge on any atom is 0.303 e. The van der Waals surface area contributed by atoms with Gasteiger partial charge in [0.1, 0.15) is 5.52 Å². The predicted octanol–water partition coefficient (Wildman–Crippen LogP) is 3.57. The number of benzene rings is 1. The number of hydrogen-bond acceptors (Lipinski definition) is 4. The molecule has 0 fully saturated rings. The first-order valence-corrected chi connectivity index (χ1v) is 6.75. The Kier molecular flexibility index (Phi) is 3.05. The Morgan fingerprint density at radius 2 is 2.26 bits per heavy atom. The largest absolute Gasteiger partial charge is 0.481 e. The number of thiophene rings is 1. The predicted molar refractivity (Wildman–Crippen MR) is 73.3 cm³/mol. The smallest absolute Gasteiger partial charge is 0.303 e. The molecule has 0 bridgehead atoms. The van der Waals surface area contributed by atoms with Crippen molar-refractivity contribution in [3.63, 3.8) is 0 Å². The van der Waals surface area contributed by atoms with E-state index in [-0.39, 0.29) is 6.42 Å². The topological polar surface area (TPSA) is 63.3 Å². The van der Waals surface area contributed by atoms with E-state index in [1.165, 1.54) is 0 Å². The van der Waals surface area contributed by atoms with Crippen LogP contribution in [0.4, 0.5) is 0 Å². The van der Waals surface area contributed by atoms with Gasteiger partial charge < -0.3 is 9.52 Å². The molecule has 0 aliphatic carbocycles. The molecule has 96 valence electrons. The summed E-state index contributed by atoms with van der Waals surface area (Å²) in [5, 5.41) is 10.7. The Balaban J connectivity index is 1.93. The van der Waals surface area contributed by atoms with Gasteiger partial charge in [-0.05, 0) is 35.6 Å². The van der Waals surface area contributed by atoms with Crippen LogP contribution >= 0.6 is 11.3 Å². The molecule has 0 saturated carbocycles. The van der Waals surface area contributed by atoms with Gasteiger partial charge in [0.25, 0.3) is 0 Å². The maximum atomic E-state index is 10.6. The van der Waals surface area contributed by atoms with E-state index in [9.17, 15) is 4.79 Å². The van der Waals surface area contributed by atoms with Crippen molar-refractivity contribution in [1.29, 1.82) is 0 Å². The molecule has 0 unspecified atom stereocenters. The van der Waals surface area contributed by atoms with Crippen molar-refractivity contribution in [2.24, 2.45) is 0 Å². The third-order valence-corrected chi connectivity index (χ3v) is 3.67. The number of aromatic nitrogens is 1. The van der Waals surface area contributed by atoms with Crippen LogP contribution in [0, 0.1) is 0 Å². The first-order chi connectivity index (χ1) is 9.22. The van der Waals surface area contributed by atoms with Crippen molar-refractivity contribution in [2.45, 2.75) is 12.8 Å². The van der Waals surface area contributed by atoms with Gasteiger partial charge in [-0.1, -0.05) is 12.1 Å². The van der Waals surface area contributed by atoms with Crippen LogP contribution in [-0.2, 0) is 11.2 Å². The summed E-state index contributed by atoms with van der Waals surface area (Å²) in [6, 6.07) is 9.53. The number of oxazole rings is 1. The van der Waals surface area contributed by atoms with Gasteiger partial charge in [-0.3, -0.25) is 4.79 Å². The Morgan fingerprint density at radius 1 is 1.37 bits per heavy atom. The highest BCUT2D eigenvalue weighted by atomic mass is 32.1. The van der Waals surface area contributed by atoms with Crippen LogP contribution in [0.15, 0.2) is 40.1 Å². The molecule has 3 aromatic rings. The normalized spacial score (nSPS) is 10.9. The summed E-state index contributed by atoms with van der Waals surface area (Å²) in [5.74, 6) is -0.181. The zero-order valence-electron chi connectivity index (χ0n) is 10.00. The molecule has 1 N–H and O–H groups in total. The molecular formula is C14H11NO3S. The van der Waals surface area contributed by atoms with E-state index in [4.69, 9.17) is 9.52 Å². The molecular weight excluding hydrogens is 262 g/mol. The second-order valence-electron chi connectivity index (χ2n) is 4.19. The van der Waals surface area contributed by atoms with Crippen LogP contribution in [0.2, 0.25) is 0 Å². The standard InChI is InChI=1S/C14H11NO3S/c16-13(17)6-4-9-3-5-11-10(8-9)15-14(18-11)12-2-1-7-19-12/h1-3,5,7-8H,4,6H2,(H,16,17). The number of carbonyl (C=O) groups is 1. The minimum atomic E-state index is -0.792. The van der Waals surface area contributed by atoms with Crippen molar-refractivity contribution in [2.75, 3.05) is 0 Å². The number of rotatable bonds is 4. The summed E-state index contributed by atoms with van der Waals surface area (Å²) >= 11 is 1.58. The molecule has 0 aliphatic heterocycles. The number of carboxylic acids is 1. The zero-order valence-corrected chi connectivity index (χ0v) is 10.8. The molecule has 3 rings (SSSR count). The average molecular weight is 273 g/mol. The van der Waals surface area contributed by atoms with Crippen LogP contribution in [0.25, 0.3) is 21.9 Å². The second kappa shape index (κ2) is 4.85. The zero-order chi connectivity index (χ0) is 13.2. The summed E-state index contributed by atoms with van der Waals surface area (Å²) in [7, 11) is 0. The van der Waals surface area contributed by atoms with Gasteiger partial charge in [-0.15, -0.1) is 11.3 Å². The minimum Gasteiger partial charge on any atom is -0.481 e. The first kappa shape index (κ1) is 11.9. The number of aryl methyl sites for hydroxylation is 1. The van der Waals surface area contributed by atoms with Gasteiger partial charge in [0.05, 0.1) is 4.88 Å². The molecule has 0 radical (unpaired) electrons.